The summed E-state index contributed by atoms with van der Waals surface area (Å²) in [6, 6.07) is 13.0. The lowest BCUT2D eigenvalue weighted by Gasteiger charge is -2.30. The summed E-state index contributed by atoms with van der Waals surface area (Å²) >= 11 is 0. The smallest absolute Gasteiger partial charge is 0.294 e. The third-order valence-corrected chi connectivity index (χ3v) is 6.24. The van der Waals surface area contributed by atoms with Crippen LogP contribution in [-0.2, 0) is 9.59 Å². The number of hydrogen-bond acceptors (Lipinski definition) is 4. The molecule has 32 heavy (non-hydrogen) atoms. The van der Waals surface area contributed by atoms with Crippen LogP contribution in [0.3, 0.4) is 0 Å². The van der Waals surface area contributed by atoms with Crippen LogP contribution in [0.1, 0.15) is 57.4 Å². The van der Waals surface area contributed by atoms with Crippen LogP contribution in [0.2, 0.25) is 0 Å². The molecule has 1 unspecified atom stereocenters. The molecule has 0 aromatic heterocycles. The summed E-state index contributed by atoms with van der Waals surface area (Å²) < 4.78 is 0. The quantitative estimate of drug-likeness (QED) is 0.637. The zero-order chi connectivity index (χ0) is 23.8. The van der Waals surface area contributed by atoms with Crippen LogP contribution < -0.4 is 9.80 Å². The molecule has 1 aliphatic rings. The molecule has 2 aromatic carbocycles. The van der Waals surface area contributed by atoms with Gasteiger partial charge in [0.15, 0.2) is 11.5 Å². The lowest BCUT2D eigenvalue weighted by atomic mass is 9.82. The van der Waals surface area contributed by atoms with Gasteiger partial charge in [0.05, 0.1) is 11.6 Å². The van der Waals surface area contributed by atoms with E-state index in [-0.39, 0.29) is 11.4 Å². The number of hydrogen-bond donors (Lipinski definition) is 1. The van der Waals surface area contributed by atoms with Crippen molar-refractivity contribution in [2.75, 3.05) is 22.9 Å². The van der Waals surface area contributed by atoms with E-state index in [0.29, 0.717) is 5.69 Å². The van der Waals surface area contributed by atoms with Crippen molar-refractivity contribution >= 4 is 23.1 Å². The summed E-state index contributed by atoms with van der Waals surface area (Å²) in [6.45, 7) is 15.4. The maximum absolute atomic E-state index is 13.4. The third-order valence-electron chi connectivity index (χ3n) is 6.24. The second-order valence-corrected chi connectivity index (χ2v) is 9.45. The van der Waals surface area contributed by atoms with E-state index >= 15 is 0 Å². The summed E-state index contributed by atoms with van der Waals surface area (Å²) in [7, 11) is 0. The number of aliphatic hydroxyl groups excluding tert-OH is 1. The van der Waals surface area contributed by atoms with Crippen molar-refractivity contribution in [2.45, 2.75) is 54.5 Å². The van der Waals surface area contributed by atoms with Crippen LogP contribution in [0.5, 0.6) is 0 Å². The molecular weight excluding hydrogens is 400 g/mol. The second kappa shape index (κ2) is 8.81. The molecule has 1 aliphatic heterocycles. The van der Waals surface area contributed by atoms with Crippen molar-refractivity contribution in [1.29, 1.82) is 0 Å². The molecule has 5 nitrogen and oxygen atoms in total. The Morgan fingerprint density at radius 1 is 1.00 bits per heavy atom. The van der Waals surface area contributed by atoms with Gasteiger partial charge in [-0.15, -0.1) is 0 Å². The Labute approximate surface area is 191 Å². The van der Waals surface area contributed by atoms with Gasteiger partial charge in [-0.3, -0.25) is 14.5 Å². The third kappa shape index (κ3) is 4.16. The van der Waals surface area contributed by atoms with Crippen LogP contribution in [0, 0.1) is 19.3 Å². The number of nitrogens with zero attached hydrogens (tertiary/aromatic N) is 2. The highest BCUT2D eigenvalue weighted by atomic mass is 16.3. The average Bonchev–Trinajstić information content (AvgIpc) is 3.01. The lowest BCUT2D eigenvalue weighted by Crippen LogP contribution is -2.33. The van der Waals surface area contributed by atoms with Crippen molar-refractivity contribution in [1.82, 2.24) is 0 Å². The highest BCUT2D eigenvalue weighted by Gasteiger charge is 2.46. The van der Waals surface area contributed by atoms with Crippen molar-refractivity contribution in [3.05, 3.63) is 70.5 Å². The predicted octanol–water partition coefficient (Wildman–Crippen LogP) is 5.66. The van der Waals surface area contributed by atoms with Crippen LogP contribution in [0.15, 0.2) is 53.8 Å². The molecule has 1 heterocycles. The van der Waals surface area contributed by atoms with Crippen molar-refractivity contribution in [2.24, 2.45) is 5.41 Å². The molecular formula is C27H34N2O3. The molecule has 0 spiro atoms. The Morgan fingerprint density at radius 2 is 1.59 bits per heavy atom. The molecule has 5 heteroatoms. The Bertz CT molecular complexity index is 1060. The summed E-state index contributed by atoms with van der Waals surface area (Å²) in [5.41, 5.74) is 4.13. The van der Waals surface area contributed by atoms with E-state index < -0.39 is 23.1 Å². The van der Waals surface area contributed by atoms with E-state index in [1.165, 1.54) is 0 Å². The second-order valence-electron chi connectivity index (χ2n) is 9.45. The molecule has 0 fully saturated rings. The minimum absolute atomic E-state index is 0.163. The molecule has 0 bridgehead atoms. The summed E-state index contributed by atoms with van der Waals surface area (Å²) in [5, 5.41) is 10.9. The topological polar surface area (TPSA) is 60.9 Å². The van der Waals surface area contributed by atoms with Crippen LogP contribution in [0.25, 0.3) is 0 Å². The van der Waals surface area contributed by atoms with Gasteiger partial charge in [0.1, 0.15) is 0 Å². The van der Waals surface area contributed by atoms with E-state index in [4.69, 9.17) is 0 Å². The van der Waals surface area contributed by atoms with Crippen molar-refractivity contribution in [3.63, 3.8) is 0 Å². The molecule has 2 aromatic rings. The van der Waals surface area contributed by atoms with Gasteiger partial charge in [0.25, 0.3) is 5.91 Å². The lowest BCUT2D eigenvalue weighted by molar-refractivity contribution is -0.123. The number of carbonyl (C=O) groups excluding carboxylic acids is 2. The highest BCUT2D eigenvalue weighted by Crippen LogP contribution is 2.44. The first-order valence-electron chi connectivity index (χ1n) is 11.2. The van der Waals surface area contributed by atoms with Gasteiger partial charge in [-0.05, 0) is 68.7 Å². The standard InChI is InChI=1S/C27H34N2O3/c1-8-28(9-2)20-14-11-19(12-15-20)23-22(25(31)27(5,6)7)24(30)26(32)29(23)21-13-10-17(3)18(4)16-21/h10-16,23,30H,8-9H2,1-7H3. The highest BCUT2D eigenvalue weighted by molar-refractivity contribution is 6.17. The molecule has 1 N–H and O–H groups in total. The SMILES string of the molecule is CCN(CC)c1ccc(C2C(C(=O)C(C)(C)C)=C(O)C(=O)N2c2ccc(C)c(C)c2)cc1. The van der Waals surface area contributed by atoms with E-state index in [1.54, 1.807) is 25.7 Å². The number of aryl methyl sites for hydroxylation is 2. The van der Waals surface area contributed by atoms with Gasteiger partial charge in [0, 0.05) is 29.9 Å². The van der Waals surface area contributed by atoms with Gasteiger partial charge in [-0.2, -0.15) is 0 Å². The van der Waals surface area contributed by atoms with E-state index in [9.17, 15) is 14.7 Å². The minimum atomic E-state index is -0.734. The molecule has 3 rings (SSSR count). The number of rotatable bonds is 6. The van der Waals surface area contributed by atoms with Crippen molar-refractivity contribution < 1.29 is 14.7 Å². The number of Topliss-reactive ketones (excluding diaryl/α,β-unsaturated/α-hetero) is 1. The van der Waals surface area contributed by atoms with Gasteiger partial charge >= 0.3 is 0 Å². The Morgan fingerprint density at radius 3 is 2.09 bits per heavy atom. The van der Waals surface area contributed by atoms with E-state index in [1.807, 2.05) is 56.3 Å². The fourth-order valence-electron chi connectivity index (χ4n) is 4.15. The molecule has 1 amide bonds. The number of carbonyl (C=O) groups is 2. The zero-order valence-corrected chi connectivity index (χ0v) is 20.2. The van der Waals surface area contributed by atoms with Crippen molar-refractivity contribution in [3.8, 4) is 0 Å². The summed E-state index contributed by atoms with van der Waals surface area (Å²) in [6.07, 6.45) is 0. The maximum atomic E-state index is 13.4. The number of benzene rings is 2. The molecule has 0 saturated carbocycles. The number of amides is 1. The Balaban J connectivity index is 2.17. The van der Waals surface area contributed by atoms with Crippen LogP contribution >= 0.6 is 0 Å². The number of aliphatic hydroxyl groups is 1. The number of anilines is 2. The van der Waals surface area contributed by atoms with Crippen LogP contribution in [-0.4, -0.2) is 29.9 Å². The zero-order valence-electron chi connectivity index (χ0n) is 20.2. The molecule has 0 saturated heterocycles. The van der Waals surface area contributed by atoms with Gasteiger partial charge in [-0.1, -0.05) is 39.0 Å². The van der Waals surface area contributed by atoms with Gasteiger partial charge in [-0.25, -0.2) is 0 Å². The summed E-state index contributed by atoms with van der Waals surface area (Å²) in [4.78, 5) is 30.4. The molecule has 0 radical (unpaired) electrons. The largest absolute Gasteiger partial charge is 0.503 e. The van der Waals surface area contributed by atoms with Crippen LogP contribution in [0.4, 0.5) is 11.4 Å². The molecule has 1 atom stereocenters. The number of ketones is 1. The first kappa shape index (κ1) is 23.6. The Kier molecular flexibility index (Phi) is 6.49. The minimum Gasteiger partial charge on any atom is -0.503 e. The normalized spacial score (nSPS) is 16.7. The Hall–Kier alpha value is -3.08. The first-order valence-corrected chi connectivity index (χ1v) is 11.2. The van der Waals surface area contributed by atoms with E-state index in [0.717, 1.165) is 35.5 Å². The average molecular weight is 435 g/mol. The fourth-order valence-corrected chi connectivity index (χ4v) is 4.15. The first-order chi connectivity index (χ1) is 15.0. The van der Waals surface area contributed by atoms with Gasteiger partial charge in [0.2, 0.25) is 0 Å². The van der Waals surface area contributed by atoms with E-state index in [2.05, 4.69) is 18.7 Å². The fraction of sp³-hybridized carbons (Fsp3) is 0.407. The molecule has 170 valence electrons. The van der Waals surface area contributed by atoms with Gasteiger partial charge < -0.3 is 10.0 Å². The summed E-state index contributed by atoms with van der Waals surface area (Å²) in [5.74, 6) is -1.23. The maximum Gasteiger partial charge on any atom is 0.294 e. The molecule has 0 aliphatic carbocycles. The monoisotopic (exact) mass is 434 g/mol. The predicted molar refractivity (Wildman–Crippen MR) is 130 cm³/mol.